The standard InChI is InChI=1S/C19H31N3O/c1-12-7-13(2)11-22(10-12)17-9-16(15(20)8-14(17)3)21-18(23)19(4,5)6/h8-9,12-13H,7,10-11,20H2,1-6H3,(H,21,23)/t12-,13-/m1/s1. The summed E-state index contributed by atoms with van der Waals surface area (Å²) in [5.74, 6) is 1.35. The second-order valence-corrected chi connectivity index (χ2v) is 8.28. The summed E-state index contributed by atoms with van der Waals surface area (Å²) in [4.78, 5) is 14.7. The molecule has 4 heteroatoms. The van der Waals surface area contributed by atoms with Crippen molar-refractivity contribution < 1.29 is 4.79 Å². The van der Waals surface area contributed by atoms with Crippen LogP contribution in [0.5, 0.6) is 0 Å². The minimum atomic E-state index is -0.439. The van der Waals surface area contributed by atoms with Gasteiger partial charge in [0.05, 0.1) is 11.4 Å². The lowest BCUT2D eigenvalue weighted by Crippen LogP contribution is -2.39. The third-order valence-electron chi connectivity index (χ3n) is 4.51. The van der Waals surface area contributed by atoms with Crippen molar-refractivity contribution in [1.82, 2.24) is 0 Å². The zero-order valence-corrected chi connectivity index (χ0v) is 15.4. The number of nitrogens with one attached hydrogen (secondary N) is 1. The van der Waals surface area contributed by atoms with Gasteiger partial charge in [0.15, 0.2) is 0 Å². The number of benzene rings is 1. The van der Waals surface area contributed by atoms with Gasteiger partial charge in [-0.3, -0.25) is 4.79 Å². The Morgan fingerprint density at radius 2 is 1.78 bits per heavy atom. The number of nitrogen functional groups attached to an aromatic ring is 1. The molecule has 1 aromatic carbocycles. The van der Waals surface area contributed by atoms with E-state index in [0.717, 1.165) is 24.3 Å². The van der Waals surface area contributed by atoms with E-state index in [1.54, 1.807) is 0 Å². The number of hydrogen-bond donors (Lipinski definition) is 2. The van der Waals surface area contributed by atoms with Gasteiger partial charge in [-0.05, 0) is 42.9 Å². The molecule has 0 spiro atoms. The molecule has 4 nitrogen and oxygen atoms in total. The Morgan fingerprint density at radius 3 is 2.30 bits per heavy atom. The van der Waals surface area contributed by atoms with E-state index in [2.05, 4.69) is 31.0 Å². The molecule has 0 aliphatic carbocycles. The Morgan fingerprint density at radius 1 is 1.22 bits per heavy atom. The van der Waals surface area contributed by atoms with Crippen LogP contribution in [0, 0.1) is 24.2 Å². The van der Waals surface area contributed by atoms with Gasteiger partial charge >= 0.3 is 0 Å². The molecule has 1 fully saturated rings. The number of hydrogen-bond acceptors (Lipinski definition) is 3. The van der Waals surface area contributed by atoms with Crippen LogP contribution in [0.2, 0.25) is 0 Å². The van der Waals surface area contributed by atoms with Gasteiger partial charge < -0.3 is 16.0 Å². The van der Waals surface area contributed by atoms with Crippen LogP contribution >= 0.6 is 0 Å². The fraction of sp³-hybridized carbons (Fsp3) is 0.632. The van der Waals surface area contributed by atoms with Crippen molar-refractivity contribution in [2.75, 3.05) is 29.0 Å². The molecule has 1 amide bonds. The lowest BCUT2D eigenvalue weighted by Gasteiger charge is -2.37. The fourth-order valence-electron chi connectivity index (χ4n) is 3.34. The highest BCUT2D eigenvalue weighted by molar-refractivity contribution is 5.98. The van der Waals surface area contributed by atoms with Gasteiger partial charge in [-0.1, -0.05) is 34.6 Å². The van der Waals surface area contributed by atoms with Crippen molar-refractivity contribution >= 4 is 23.0 Å². The summed E-state index contributed by atoms with van der Waals surface area (Å²) in [5.41, 5.74) is 9.39. The van der Waals surface area contributed by atoms with Crippen molar-refractivity contribution in [3.8, 4) is 0 Å². The first-order chi connectivity index (χ1) is 10.6. The summed E-state index contributed by atoms with van der Waals surface area (Å²) in [6.45, 7) is 14.5. The summed E-state index contributed by atoms with van der Waals surface area (Å²) in [7, 11) is 0. The number of anilines is 3. The highest BCUT2D eigenvalue weighted by atomic mass is 16.2. The first-order valence-corrected chi connectivity index (χ1v) is 8.54. The zero-order chi connectivity index (χ0) is 17.4. The Labute approximate surface area is 140 Å². The SMILES string of the molecule is Cc1cc(N)c(NC(=O)C(C)(C)C)cc1N1C[C@H](C)C[C@@H](C)C1. The van der Waals surface area contributed by atoms with Gasteiger partial charge in [0.1, 0.15) is 0 Å². The number of carbonyl (C=O) groups excluding carboxylic acids is 1. The molecule has 0 aromatic heterocycles. The summed E-state index contributed by atoms with van der Waals surface area (Å²) >= 11 is 0. The van der Waals surface area contributed by atoms with E-state index in [9.17, 15) is 4.79 Å². The van der Waals surface area contributed by atoms with E-state index in [1.807, 2.05) is 32.9 Å². The first-order valence-electron chi connectivity index (χ1n) is 8.54. The van der Waals surface area contributed by atoms with E-state index in [0.29, 0.717) is 17.5 Å². The molecule has 1 aliphatic rings. The number of carbonyl (C=O) groups is 1. The average Bonchev–Trinajstić information content (AvgIpc) is 2.39. The maximum absolute atomic E-state index is 12.3. The molecule has 0 bridgehead atoms. The van der Waals surface area contributed by atoms with Crippen LogP contribution < -0.4 is 16.0 Å². The van der Waals surface area contributed by atoms with Crippen LogP contribution in [0.4, 0.5) is 17.1 Å². The van der Waals surface area contributed by atoms with Crippen molar-refractivity contribution in [3.63, 3.8) is 0 Å². The Balaban J connectivity index is 2.31. The Bertz CT molecular complexity index is 579. The van der Waals surface area contributed by atoms with Crippen LogP contribution in [0.3, 0.4) is 0 Å². The maximum atomic E-state index is 12.3. The average molecular weight is 317 g/mol. The second kappa shape index (κ2) is 6.42. The van der Waals surface area contributed by atoms with Gasteiger partial charge in [-0.2, -0.15) is 0 Å². The minimum Gasteiger partial charge on any atom is -0.397 e. The Kier molecular flexibility index (Phi) is 4.92. The molecule has 23 heavy (non-hydrogen) atoms. The number of piperidine rings is 1. The molecule has 1 saturated heterocycles. The van der Waals surface area contributed by atoms with E-state index in [4.69, 9.17) is 5.73 Å². The van der Waals surface area contributed by atoms with Crippen LogP contribution in [-0.2, 0) is 4.79 Å². The van der Waals surface area contributed by atoms with Crippen molar-refractivity contribution in [1.29, 1.82) is 0 Å². The van der Waals surface area contributed by atoms with E-state index in [1.165, 1.54) is 12.1 Å². The first kappa shape index (κ1) is 17.6. The smallest absolute Gasteiger partial charge is 0.229 e. The minimum absolute atomic E-state index is 0.0145. The lowest BCUT2D eigenvalue weighted by atomic mass is 9.91. The van der Waals surface area contributed by atoms with E-state index in [-0.39, 0.29) is 5.91 Å². The normalized spacial score (nSPS) is 22.1. The molecule has 2 rings (SSSR count). The largest absolute Gasteiger partial charge is 0.397 e. The molecule has 1 aromatic rings. The molecule has 1 aliphatic heterocycles. The molecule has 128 valence electrons. The summed E-state index contributed by atoms with van der Waals surface area (Å²) in [6, 6.07) is 4.01. The molecule has 3 N–H and O–H groups in total. The van der Waals surface area contributed by atoms with Gasteiger partial charge in [-0.15, -0.1) is 0 Å². The topological polar surface area (TPSA) is 58.4 Å². The van der Waals surface area contributed by atoms with Gasteiger partial charge in [0.25, 0.3) is 0 Å². The maximum Gasteiger partial charge on any atom is 0.229 e. The number of nitrogens with two attached hydrogens (primary N) is 1. The molecule has 0 unspecified atom stereocenters. The van der Waals surface area contributed by atoms with Crippen LogP contribution in [0.15, 0.2) is 12.1 Å². The summed E-state index contributed by atoms with van der Waals surface area (Å²) < 4.78 is 0. The third kappa shape index (κ3) is 4.18. The quantitative estimate of drug-likeness (QED) is 0.809. The molecule has 2 atom stereocenters. The van der Waals surface area contributed by atoms with Crippen LogP contribution in [0.25, 0.3) is 0 Å². The number of amides is 1. The van der Waals surface area contributed by atoms with E-state index < -0.39 is 5.41 Å². The molecular formula is C19H31N3O. The van der Waals surface area contributed by atoms with Gasteiger partial charge in [0, 0.05) is 24.2 Å². The molecule has 1 heterocycles. The number of rotatable bonds is 2. The van der Waals surface area contributed by atoms with Crippen LogP contribution in [0.1, 0.15) is 46.6 Å². The Hall–Kier alpha value is -1.71. The highest BCUT2D eigenvalue weighted by Crippen LogP contribution is 2.34. The summed E-state index contributed by atoms with van der Waals surface area (Å²) in [5, 5.41) is 2.99. The molecular weight excluding hydrogens is 286 g/mol. The summed E-state index contributed by atoms with van der Waals surface area (Å²) in [6.07, 6.45) is 1.28. The van der Waals surface area contributed by atoms with Gasteiger partial charge in [-0.25, -0.2) is 0 Å². The molecule has 0 radical (unpaired) electrons. The van der Waals surface area contributed by atoms with E-state index >= 15 is 0 Å². The monoisotopic (exact) mass is 317 g/mol. The second-order valence-electron chi connectivity index (χ2n) is 8.28. The fourth-order valence-corrected chi connectivity index (χ4v) is 3.34. The highest BCUT2D eigenvalue weighted by Gasteiger charge is 2.25. The van der Waals surface area contributed by atoms with Crippen molar-refractivity contribution in [2.24, 2.45) is 17.3 Å². The predicted molar refractivity (Wildman–Crippen MR) is 98.8 cm³/mol. The number of nitrogens with zero attached hydrogens (tertiary/aromatic N) is 1. The third-order valence-corrected chi connectivity index (χ3v) is 4.51. The van der Waals surface area contributed by atoms with Crippen LogP contribution in [-0.4, -0.2) is 19.0 Å². The zero-order valence-electron chi connectivity index (χ0n) is 15.4. The predicted octanol–water partition coefficient (Wildman–Crippen LogP) is 4.04. The number of aryl methyl sites for hydroxylation is 1. The lowest BCUT2D eigenvalue weighted by molar-refractivity contribution is -0.123. The van der Waals surface area contributed by atoms with Gasteiger partial charge in [0.2, 0.25) is 5.91 Å². The van der Waals surface area contributed by atoms with Crippen molar-refractivity contribution in [3.05, 3.63) is 17.7 Å². The van der Waals surface area contributed by atoms with Crippen molar-refractivity contribution in [2.45, 2.75) is 48.0 Å². The molecule has 0 saturated carbocycles.